The van der Waals surface area contributed by atoms with Gasteiger partial charge in [0.1, 0.15) is 41.9 Å². The standard InChI is InChI=1S/C21H20BrF3N4O2/c1-10(12-4-3-5-14(16(12)23)21(24,25)9-30)27-20-13-8-15(22)19-18(26-6-7-31-19)17(13)28-11(2)29-20/h3-5,8,10,26,30H,6-7,9H2,1-2H3,(H,27,28,29)/t10-/m1/s1. The number of nitrogens with one attached hydrogen (secondary N) is 2. The molecule has 6 nitrogen and oxygen atoms in total. The normalized spacial score (nSPS) is 14.5. The molecule has 0 fully saturated rings. The second-order valence-electron chi connectivity index (χ2n) is 7.29. The summed E-state index contributed by atoms with van der Waals surface area (Å²) in [5, 5.41) is 16.0. The van der Waals surface area contributed by atoms with Gasteiger partial charge in [0.05, 0.1) is 16.1 Å². The first-order chi connectivity index (χ1) is 14.7. The van der Waals surface area contributed by atoms with Crippen LogP contribution in [0.5, 0.6) is 5.75 Å². The molecule has 0 saturated heterocycles. The highest BCUT2D eigenvalue weighted by Crippen LogP contribution is 2.43. The highest BCUT2D eigenvalue weighted by molar-refractivity contribution is 9.10. The van der Waals surface area contributed by atoms with Gasteiger partial charge in [-0.05, 0) is 41.9 Å². The molecule has 0 saturated carbocycles. The van der Waals surface area contributed by atoms with Gasteiger partial charge in [0, 0.05) is 17.5 Å². The number of anilines is 2. The molecule has 1 atom stereocenters. The average molecular weight is 497 g/mol. The molecule has 2 heterocycles. The van der Waals surface area contributed by atoms with Crippen molar-refractivity contribution in [2.24, 2.45) is 0 Å². The van der Waals surface area contributed by atoms with E-state index in [-0.39, 0.29) is 5.56 Å². The fourth-order valence-electron chi connectivity index (χ4n) is 3.61. The summed E-state index contributed by atoms with van der Waals surface area (Å²) in [7, 11) is 0. The average Bonchev–Trinajstić information content (AvgIpc) is 2.74. The molecule has 0 bridgehead atoms. The van der Waals surface area contributed by atoms with Crippen LogP contribution in [0.25, 0.3) is 10.9 Å². The molecular formula is C21H20BrF3N4O2. The van der Waals surface area contributed by atoms with Gasteiger partial charge in [-0.15, -0.1) is 0 Å². The number of benzene rings is 2. The summed E-state index contributed by atoms with van der Waals surface area (Å²) in [5.74, 6) is -3.16. The van der Waals surface area contributed by atoms with Crippen LogP contribution in [-0.4, -0.2) is 34.8 Å². The minimum atomic E-state index is -3.67. The Morgan fingerprint density at radius 2 is 2.13 bits per heavy atom. The van der Waals surface area contributed by atoms with Gasteiger partial charge in [0.15, 0.2) is 5.75 Å². The highest BCUT2D eigenvalue weighted by Gasteiger charge is 2.35. The van der Waals surface area contributed by atoms with Crippen LogP contribution in [0.4, 0.5) is 24.7 Å². The van der Waals surface area contributed by atoms with Crippen molar-refractivity contribution in [1.82, 2.24) is 9.97 Å². The summed E-state index contributed by atoms with van der Waals surface area (Å²) >= 11 is 3.50. The van der Waals surface area contributed by atoms with E-state index in [2.05, 4.69) is 36.5 Å². The third-order valence-corrected chi connectivity index (χ3v) is 5.69. The third kappa shape index (κ3) is 3.89. The minimum absolute atomic E-state index is 0.0357. The lowest BCUT2D eigenvalue weighted by atomic mass is 10.00. The van der Waals surface area contributed by atoms with Gasteiger partial charge < -0.3 is 20.5 Å². The molecule has 2 aromatic carbocycles. The quantitative estimate of drug-likeness (QED) is 0.466. The predicted molar refractivity (Wildman–Crippen MR) is 115 cm³/mol. The number of hydrogen-bond donors (Lipinski definition) is 3. The van der Waals surface area contributed by atoms with Crippen LogP contribution in [0.15, 0.2) is 28.7 Å². The predicted octanol–water partition coefficient (Wildman–Crippen LogP) is 4.90. The Bertz CT molecular complexity index is 1160. The van der Waals surface area contributed by atoms with Crippen molar-refractivity contribution in [1.29, 1.82) is 0 Å². The summed E-state index contributed by atoms with van der Waals surface area (Å²) in [5.41, 5.74) is 0.560. The molecule has 31 heavy (non-hydrogen) atoms. The molecule has 164 valence electrons. The van der Waals surface area contributed by atoms with Crippen LogP contribution in [0.2, 0.25) is 0 Å². The Kier molecular flexibility index (Phi) is 5.69. The van der Waals surface area contributed by atoms with E-state index < -0.39 is 30.0 Å². The van der Waals surface area contributed by atoms with Crippen molar-refractivity contribution in [3.8, 4) is 5.75 Å². The van der Waals surface area contributed by atoms with Gasteiger partial charge in [-0.25, -0.2) is 14.4 Å². The van der Waals surface area contributed by atoms with Crippen LogP contribution in [-0.2, 0) is 5.92 Å². The van der Waals surface area contributed by atoms with E-state index in [9.17, 15) is 13.2 Å². The number of aliphatic hydroxyl groups is 1. The number of aliphatic hydroxyl groups excluding tert-OH is 1. The molecule has 3 aromatic rings. The number of hydrogen-bond acceptors (Lipinski definition) is 6. The first kappa shape index (κ1) is 21.6. The Labute approximate surface area is 185 Å². The lowest BCUT2D eigenvalue weighted by Gasteiger charge is -2.24. The molecule has 0 radical (unpaired) electrons. The van der Waals surface area contributed by atoms with Gasteiger partial charge in [0.25, 0.3) is 5.92 Å². The Hall–Kier alpha value is -2.59. The van der Waals surface area contributed by atoms with Crippen LogP contribution in [0.3, 0.4) is 0 Å². The van der Waals surface area contributed by atoms with Gasteiger partial charge in [-0.1, -0.05) is 12.1 Å². The molecule has 1 aromatic heterocycles. The first-order valence-corrected chi connectivity index (χ1v) is 10.4. The van der Waals surface area contributed by atoms with E-state index in [0.717, 1.165) is 11.8 Å². The highest BCUT2D eigenvalue weighted by atomic mass is 79.9. The molecule has 0 spiro atoms. The Morgan fingerprint density at radius 1 is 1.35 bits per heavy atom. The van der Waals surface area contributed by atoms with Crippen molar-refractivity contribution in [3.63, 3.8) is 0 Å². The molecule has 1 aliphatic rings. The van der Waals surface area contributed by atoms with Gasteiger partial charge in [-0.2, -0.15) is 8.78 Å². The molecule has 0 unspecified atom stereocenters. The summed E-state index contributed by atoms with van der Waals surface area (Å²) < 4.78 is 49.2. The molecular weight excluding hydrogens is 477 g/mol. The van der Waals surface area contributed by atoms with Crippen LogP contribution in [0.1, 0.15) is 29.9 Å². The minimum Gasteiger partial charge on any atom is -0.488 e. The molecule has 0 aliphatic carbocycles. The summed E-state index contributed by atoms with van der Waals surface area (Å²) in [6, 6.07) is 4.86. The van der Waals surface area contributed by atoms with Crippen molar-refractivity contribution < 1.29 is 23.0 Å². The van der Waals surface area contributed by atoms with Gasteiger partial charge in [0.2, 0.25) is 0 Å². The third-order valence-electron chi connectivity index (χ3n) is 5.10. The van der Waals surface area contributed by atoms with Crippen molar-refractivity contribution in [3.05, 3.63) is 51.5 Å². The van der Waals surface area contributed by atoms with Crippen LogP contribution in [0, 0.1) is 12.7 Å². The molecule has 3 N–H and O–H groups in total. The van der Waals surface area contributed by atoms with E-state index in [4.69, 9.17) is 9.84 Å². The number of nitrogens with zero attached hydrogens (tertiary/aromatic N) is 2. The van der Waals surface area contributed by atoms with E-state index in [1.807, 2.05) is 6.07 Å². The zero-order chi connectivity index (χ0) is 22.3. The smallest absolute Gasteiger partial charge is 0.298 e. The summed E-state index contributed by atoms with van der Waals surface area (Å²) in [6.45, 7) is 3.06. The largest absolute Gasteiger partial charge is 0.488 e. The number of fused-ring (bicyclic) bond motifs is 3. The van der Waals surface area contributed by atoms with E-state index >= 15 is 0 Å². The molecule has 4 rings (SSSR count). The Morgan fingerprint density at radius 3 is 2.87 bits per heavy atom. The molecule has 0 amide bonds. The lowest BCUT2D eigenvalue weighted by molar-refractivity contribution is -0.0583. The number of ether oxygens (including phenoxy) is 1. The number of aryl methyl sites for hydroxylation is 1. The second-order valence-corrected chi connectivity index (χ2v) is 8.15. The first-order valence-electron chi connectivity index (χ1n) is 9.64. The van der Waals surface area contributed by atoms with Gasteiger partial charge >= 0.3 is 0 Å². The number of alkyl halides is 2. The zero-order valence-corrected chi connectivity index (χ0v) is 18.4. The summed E-state index contributed by atoms with van der Waals surface area (Å²) in [4.78, 5) is 8.98. The lowest BCUT2D eigenvalue weighted by Crippen LogP contribution is -2.22. The maximum absolute atomic E-state index is 14.9. The van der Waals surface area contributed by atoms with Crippen LogP contribution >= 0.6 is 15.9 Å². The van der Waals surface area contributed by atoms with E-state index in [1.165, 1.54) is 12.1 Å². The van der Waals surface area contributed by atoms with Gasteiger partial charge in [-0.3, -0.25) is 0 Å². The number of halogens is 4. The fourth-order valence-corrected chi connectivity index (χ4v) is 4.15. The van der Waals surface area contributed by atoms with Crippen LogP contribution < -0.4 is 15.4 Å². The molecule has 1 aliphatic heterocycles. The molecule has 10 heteroatoms. The topological polar surface area (TPSA) is 79.3 Å². The van der Waals surface area contributed by atoms with Crippen molar-refractivity contribution in [2.75, 3.05) is 30.4 Å². The van der Waals surface area contributed by atoms with E-state index in [0.29, 0.717) is 45.9 Å². The second kappa shape index (κ2) is 8.16. The maximum atomic E-state index is 14.9. The number of rotatable bonds is 5. The fraction of sp³-hybridized carbons (Fsp3) is 0.333. The van der Waals surface area contributed by atoms with Crippen molar-refractivity contribution in [2.45, 2.75) is 25.8 Å². The SMILES string of the molecule is Cc1nc(N[C@H](C)c2cccc(C(F)(F)CO)c2F)c2cc(Br)c3c(c2n1)NCCO3. The zero-order valence-electron chi connectivity index (χ0n) is 16.8. The Balaban J connectivity index is 1.78. The number of aromatic nitrogens is 2. The maximum Gasteiger partial charge on any atom is 0.298 e. The summed E-state index contributed by atoms with van der Waals surface area (Å²) in [6.07, 6.45) is 0. The monoisotopic (exact) mass is 496 g/mol. The van der Waals surface area contributed by atoms with E-state index in [1.54, 1.807) is 13.8 Å². The van der Waals surface area contributed by atoms with Crippen molar-refractivity contribution >= 4 is 38.3 Å².